The highest BCUT2D eigenvalue weighted by Crippen LogP contribution is 2.24. The number of rotatable bonds is 4. The molecular formula is C25H30N6O. The van der Waals surface area contributed by atoms with Crippen molar-refractivity contribution in [1.29, 1.82) is 0 Å². The van der Waals surface area contributed by atoms with Crippen LogP contribution >= 0.6 is 0 Å². The molecule has 1 fully saturated rings. The van der Waals surface area contributed by atoms with Crippen molar-refractivity contribution < 1.29 is 4.74 Å². The Kier molecular flexibility index (Phi) is 5.76. The van der Waals surface area contributed by atoms with Gasteiger partial charge in [-0.15, -0.1) is 0 Å². The van der Waals surface area contributed by atoms with E-state index in [4.69, 9.17) is 20.4 Å². The van der Waals surface area contributed by atoms with Gasteiger partial charge >= 0.3 is 0 Å². The minimum Gasteiger partial charge on any atom is -0.399 e. The van der Waals surface area contributed by atoms with E-state index in [1.165, 1.54) is 11.1 Å². The number of hydrogen-bond donors (Lipinski definition) is 1. The molecular weight excluding hydrogens is 400 g/mol. The maximum absolute atomic E-state index is 5.84. The van der Waals surface area contributed by atoms with Crippen LogP contribution in [-0.2, 0) is 24.2 Å². The second kappa shape index (κ2) is 8.84. The summed E-state index contributed by atoms with van der Waals surface area (Å²) < 4.78 is 5.84. The van der Waals surface area contributed by atoms with Gasteiger partial charge in [0, 0.05) is 68.4 Å². The number of pyridine rings is 1. The zero-order chi connectivity index (χ0) is 22.1. The first-order chi connectivity index (χ1) is 15.5. The van der Waals surface area contributed by atoms with Crippen LogP contribution in [0.4, 0.5) is 11.5 Å². The first-order valence-corrected chi connectivity index (χ1v) is 11.3. The van der Waals surface area contributed by atoms with E-state index in [0.29, 0.717) is 0 Å². The molecule has 2 aliphatic heterocycles. The van der Waals surface area contributed by atoms with Crippen molar-refractivity contribution >= 4 is 11.5 Å². The fraction of sp³-hybridized carbons (Fsp3) is 0.400. The van der Waals surface area contributed by atoms with Crippen LogP contribution in [0.2, 0.25) is 0 Å². The largest absolute Gasteiger partial charge is 0.399 e. The Balaban J connectivity index is 1.23. The summed E-state index contributed by atoms with van der Waals surface area (Å²) in [6, 6.07) is 12.1. The number of aromatic nitrogens is 3. The number of ether oxygens (including phenoxy) is 1. The summed E-state index contributed by atoms with van der Waals surface area (Å²) in [5.41, 5.74) is 11.1. The Bertz CT molecular complexity index is 1060. The summed E-state index contributed by atoms with van der Waals surface area (Å²) in [6.07, 6.45) is 5.38. The maximum Gasteiger partial charge on any atom is 0.159 e. The van der Waals surface area contributed by atoms with E-state index in [2.05, 4.69) is 40.8 Å². The highest BCUT2D eigenvalue weighted by atomic mass is 16.5. The summed E-state index contributed by atoms with van der Waals surface area (Å²) in [4.78, 5) is 18.9. The van der Waals surface area contributed by atoms with Gasteiger partial charge in [-0.3, -0.25) is 4.90 Å². The molecule has 2 aromatic heterocycles. The Morgan fingerprint density at radius 2 is 1.78 bits per heavy atom. The van der Waals surface area contributed by atoms with Gasteiger partial charge in [0.2, 0.25) is 0 Å². The quantitative estimate of drug-likeness (QED) is 0.636. The fourth-order valence-electron chi connectivity index (χ4n) is 4.60. The molecule has 7 nitrogen and oxygen atoms in total. The van der Waals surface area contributed by atoms with Crippen LogP contribution in [0, 0.1) is 0 Å². The van der Waals surface area contributed by atoms with E-state index in [0.717, 1.165) is 67.7 Å². The lowest BCUT2D eigenvalue weighted by atomic mass is 10.1. The van der Waals surface area contributed by atoms with Gasteiger partial charge in [-0.1, -0.05) is 6.07 Å². The molecule has 0 saturated carbocycles. The number of anilines is 2. The van der Waals surface area contributed by atoms with Crippen molar-refractivity contribution in [3.8, 4) is 11.4 Å². The minimum absolute atomic E-state index is 0.233. The van der Waals surface area contributed by atoms with Crippen molar-refractivity contribution in [1.82, 2.24) is 19.9 Å². The SMILES string of the molecule is CC1CN(c2ccc(CN3CCc4nc(-c5ccc(N)cc5)ncc4C3)cn2)CC(C)O1. The molecule has 5 rings (SSSR count). The lowest BCUT2D eigenvalue weighted by Gasteiger charge is -2.36. The van der Waals surface area contributed by atoms with E-state index in [-0.39, 0.29) is 12.2 Å². The lowest BCUT2D eigenvalue weighted by Crippen LogP contribution is -2.45. The van der Waals surface area contributed by atoms with E-state index >= 15 is 0 Å². The Labute approximate surface area is 189 Å². The zero-order valence-corrected chi connectivity index (χ0v) is 18.7. The van der Waals surface area contributed by atoms with Crippen molar-refractivity contribution in [3.63, 3.8) is 0 Å². The molecule has 2 unspecified atom stereocenters. The third kappa shape index (κ3) is 4.59. The Morgan fingerprint density at radius 1 is 1.00 bits per heavy atom. The average molecular weight is 431 g/mol. The Hall–Kier alpha value is -3.03. The van der Waals surface area contributed by atoms with Gasteiger partial charge in [-0.25, -0.2) is 15.0 Å². The molecule has 2 N–H and O–H groups in total. The molecule has 32 heavy (non-hydrogen) atoms. The van der Waals surface area contributed by atoms with Crippen molar-refractivity contribution in [2.75, 3.05) is 30.3 Å². The summed E-state index contributed by atoms with van der Waals surface area (Å²) in [6.45, 7) is 8.72. The van der Waals surface area contributed by atoms with Crippen molar-refractivity contribution in [3.05, 3.63) is 65.6 Å². The average Bonchev–Trinajstić information content (AvgIpc) is 2.79. The highest BCUT2D eigenvalue weighted by Gasteiger charge is 2.23. The monoisotopic (exact) mass is 430 g/mol. The molecule has 166 valence electrons. The van der Waals surface area contributed by atoms with E-state index < -0.39 is 0 Å². The van der Waals surface area contributed by atoms with Gasteiger partial charge in [0.25, 0.3) is 0 Å². The summed E-state index contributed by atoms with van der Waals surface area (Å²) in [7, 11) is 0. The number of fused-ring (bicyclic) bond motifs is 1. The zero-order valence-electron chi connectivity index (χ0n) is 18.7. The van der Waals surface area contributed by atoms with Gasteiger partial charge in [0.05, 0.1) is 17.9 Å². The minimum atomic E-state index is 0.233. The predicted molar refractivity (Wildman–Crippen MR) is 126 cm³/mol. The van der Waals surface area contributed by atoms with E-state index in [9.17, 15) is 0 Å². The van der Waals surface area contributed by atoms with Crippen LogP contribution in [0.3, 0.4) is 0 Å². The van der Waals surface area contributed by atoms with Crippen LogP contribution in [0.25, 0.3) is 11.4 Å². The molecule has 0 amide bonds. The fourth-order valence-corrected chi connectivity index (χ4v) is 4.60. The molecule has 0 radical (unpaired) electrons. The first kappa shape index (κ1) is 20.8. The molecule has 1 aromatic carbocycles. The molecule has 0 aliphatic carbocycles. The number of nitrogen functional groups attached to an aromatic ring is 1. The molecule has 0 spiro atoms. The lowest BCUT2D eigenvalue weighted by molar-refractivity contribution is -0.00546. The standard InChI is InChI=1S/C25H30N6O/c1-17-13-31(14-18(2)32-17)24-8-3-19(11-27-24)15-30-10-9-23-21(16-30)12-28-25(29-23)20-4-6-22(26)7-5-20/h3-8,11-12,17-18H,9-10,13-16,26H2,1-2H3. The molecule has 2 aliphatic rings. The third-order valence-electron chi connectivity index (χ3n) is 6.14. The van der Waals surface area contributed by atoms with Gasteiger partial charge < -0.3 is 15.4 Å². The number of hydrogen-bond acceptors (Lipinski definition) is 7. The third-order valence-corrected chi connectivity index (χ3v) is 6.14. The summed E-state index contributed by atoms with van der Waals surface area (Å²) >= 11 is 0. The molecule has 3 aromatic rings. The van der Waals surface area contributed by atoms with Crippen LogP contribution in [-0.4, -0.2) is 51.7 Å². The summed E-state index contributed by atoms with van der Waals surface area (Å²) in [5.74, 6) is 1.80. The number of nitrogens with zero attached hydrogens (tertiary/aromatic N) is 5. The van der Waals surface area contributed by atoms with Gasteiger partial charge in [0.1, 0.15) is 5.82 Å². The number of benzene rings is 1. The first-order valence-electron chi connectivity index (χ1n) is 11.3. The second-order valence-corrected chi connectivity index (χ2v) is 8.94. The van der Waals surface area contributed by atoms with E-state index in [1.54, 1.807) is 0 Å². The van der Waals surface area contributed by atoms with Crippen molar-refractivity contribution in [2.45, 2.75) is 45.6 Å². The van der Waals surface area contributed by atoms with Crippen molar-refractivity contribution in [2.24, 2.45) is 0 Å². The van der Waals surface area contributed by atoms with Crippen LogP contribution in [0.15, 0.2) is 48.8 Å². The molecule has 0 bridgehead atoms. The van der Waals surface area contributed by atoms with Crippen LogP contribution in [0.5, 0.6) is 0 Å². The smallest absolute Gasteiger partial charge is 0.159 e. The van der Waals surface area contributed by atoms with Crippen LogP contribution in [0.1, 0.15) is 30.7 Å². The number of nitrogens with two attached hydrogens (primary N) is 1. The number of morpholine rings is 1. The maximum atomic E-state index is 5.84. The highest BCUT2D eigenvalue weighted by molar-refractivity contribution is 5.58. The molecule has 2 atom stereocenters. The van der Waals surface area contributed by atoms with E-state index in [1.807, 2.05) is 36.7 Å². The topological polar surface area (TPSA) is 80.4 Å². The van der Waals surface area contributed by atoms with Gasteiger partial charge in [-0.2, -0.15) is 0 Å². The molecule has 7 heteroatoms. The van der Waals surface area contributed by atoms with Gasteiger partial charge in [0.15, 0.2) is 5.82 Å². The molecule has 4 heterocycles. The molecule has 1 saturated heterocycles. The van der Waals surface area contributed by atoms with Crippen LogP contribution < -0.4 is 10.6 Å². The van der Waals surface area contributed by atoms with Gasteiger partial charge in [-0.05, 0) is 49.7 Å². The summed E-state index contributed by atoms with van der Waals surface area (Å²) in [5, 5.41) is 0. The predicted octanol–water partition coefficient (Wildman–Crippen LogP) is 3.29. The second-order valence-electron chi connectivity index (χ2n) is 8.94. The Morgan fingerprint density at radius 3 is 2.50 bits per heavy atom. The normalized spacial score (nSPS) is 21.4.